The summed E-state index contributed by atoms with van der Waals surface area (Å²) in [5.74, 6) is -0.0929. The Balaban J connectivity index is 2.13. The maximum absolute atomic E-state index is 12.2. The SMILES string of the molecule is CC(N)c1nc(C(=O)N2CCC[C@H]2CO)cs1. The third-order valence-electron chi connectivity index (χ3n) is 2.98. The number of nitrogens with zero attached hydrogens (tertiary/aromatic N) is 2. The summed E-state index contributed by atoms with van der Waals surface area (Å²) < 4.78 is 0. The third-order valence-corrected chi connectivity index (χ3v) is 4.03. The largest absolute Gasteiger partial charge is 0.394 e. The van der Waals surface area contributed by atoms with E-state index in [0.717, 1.165) is 17.8 Å². The normalized spacial score (nSPS) is 21.8. The molecule has 6 heteroatoms. The second-order valence-electron chi connectivity index (χ2n) is 4.34. The van der Waals surface area contributed by atoms with Gasteiger partial charge in [-0.2, -0.15) is 0 Å². The lowest BCUT2D eigenvalue weighted by Crippen LogP contribution is -2.37. The Morgan fingerprint density at radius 3 is 3.18 bits per heavy atom. The van der Waals surface area contributed by atoms with E-state index in [-0.39, 0.29) is 24.6 Å². The van der Waals surface area contributed by atoms with Crippen LogP contribution < -0.4 is 5.73 Å². The van der Waals surface area contributed by atoms with E-state index in [4.69, 9.17) is 5.73 Å². The maximum atomic E-state index is 12.2. The molecule has 1 aromatic rings. The van der Waals surface area contributed by atoms with Crippen LogP contribution in [0.25, 0.3) is 0 Å². The van der Waals surface area contributed by atoms with Crippen molar-refractivity contribution in [1.29, 1.82) is 0 Å². The van der Waals surface area contributed by atoms with Gasteiger partial charge in [-0.05, 0) is 19.8 Å². The molecule has 2 rings (SSSR count). The van der Waals surface area contributed by atoms with Crippen molar-refractivity contribution in [2.45, 2.75) is 31.8 Å². The van der Waals surface area contributed by atoms with Gasteiger partial charge in [-0.3, -0.25) is 4.79 Å². The number of hydrogen-bond donors (Lipinski definition) is 2. The van der Waals surface area contributed by atoms with Crippen LogP contribution in [0.4, 0.5) is 0 Å². The molecule has 1 saturated heterocycles. The Bertz CT molecular complexity index is 405. The number of thiazole rings is 1. The summed E-state index contributed by atoms with van der Waals surface area (Å²) in [4.78, 5) is 18.1. The molecule has 0 aromatic carbocycles. The van der Waals surface area contributed by atoms with Crippen LogP contribution in [-0.4, -0.2) is 40.1 Å². The van der Waals surface area contributed by atoms with Gasteiger partial charge >= 0.3 is 0 Å². The summed E-state index contributed by atoms with van der Waals surface area (Å²) in [7, 11) is 0. The fraction of sp³-hybridized carbons (Fsp3) is 0.636. The summed E-state index contributed by atoms with van der Waals surface area (Å²) in [6, 6.07) is -0.197. The summed E-state index contributed by atoms with van der Waals surface area (Å²) in [5, 5.41) is 11.7. The number of carbonyl (C=O) groups excluding carboxylic acids is 1. The van der Waals surface area contributed by atoms with E-state index < -0.39 is 0 Å². The fourth-order valence-electron chi connectivity index (χ4n) is 2.03. The van der Waals surface area contributed by atoms with Crippen molar-refractivity contribution in [3.8, 4) is 0 Å². The van der Waals surface area contributed by atoms with Crippen LogP contribution >= 0.6 is 11.3 Å². The Kier molecular flexibility index (Phi) is 3.76. The van der Waals surface area contributed by atoms with Gasteiger partial charge in [0.25, 0.3) is 5.91 Å². The van der Waals surface area contributed by atoms with Crippen molar-refractivity contribution < 1.29 is 9.90 Å². The highest BCUT2D eigenvalue weighted by Gasteiger charge is 2.30. The number of aliphatic hydroxyl groups is 1. The van der Waals surface area contributed by atoms with Gasteiger partial charge in [0, 0.05) is 11.9 Å². The summed E-state index contributed by atoms with van der Waals surface area (Å²) in [6.07, 6.45) is 1.81. The number of amides is 1. The van der Waals surface area contributed by atoms with E-state index >= 15 is 0 Å². The topological polar surface area (TPSA) is 79.5 Å². The zero-order chi connectivity index (χ0) is 12.4. The minimum absolute atomic E-state index is 0.0238. The minimum atomic E-state index is -0.145. The fourth-order valence-corrected chi connectivity index (χ4v) is 2.79. The average molecular weight is 255 g/mol. The molecular formula is C11H17N3O2S. The van der Waals surface area contributed by atoms with Crippen molar-refractivity contribution in [2.75, 3.05) is 13.2 Å². The highest BCUT2D eigenvalue weighted by atomic mass is 32.1. The van der Waals surface area contributed by atoms with Crippen LogP contribution in [0.1, 0.15) is 41.3 Å². The second kappa shape index (κ2) is 5.12. The van der Waals surface area contributed by atoms with Gasteiger partial charge in [-0.15, -0.1) is 11.3 Å². The minimum Gasteiger partial charge on any atom is -0.394 e. The molecule has 1 unspecified atom stereocenters. The molecule has 1 aliphatic rings. The zero-order valence-corrected chi connectivity index (χ0v) is 10.6. The van der Waals surface area contributed by atoms with Crippen molar-refractivity contribution in [3.05, 3.63) is 16.1 Å². The number of rotatable bonds is 3. The van der Waals surface area contributed by atoms with Crippen LogP contribution in [0, 0.1) is 0 Å². The first kappa shape index (κ1) is 12.5. The van der Waals surface area contributed by atoms with Crippen molar-refractivity contribution in [3.63, 3.8) is 0 Å². The number of aliphatic hydroxyl groups excluding tert-OH is 1. The molecule has 2 heterocycles. The number of carbonyl (C=O) groups is 1. The van der Waals surface area contributed by atoms with E-state index in [1.807, 2.05) is 6.92 Å². The number of hydrogen-bond acceptors (Lipinski definition) is 5. The van der Waals surface area contributed by atoms with Gasteiger partial charge in [0.15, 0.2) is 0 Å². The van der Waals surface area contributed by atoms with Crippen molar-refractivity contribution >= 4 is 17.2 Å². The molecule has 1 fully saturated rings. The lowest BCUT2D eigenvalue weighted by Gasteiger charge is -2.21. The van der Waals surface area contributed by atoms with Gasteiger partial charge in [-0.25, -0.2) is 4.98 Å². The number of likely N-dealkylation sites (tertiary alicyclic amines) is 1. The molecule has 0 saturated carbocycles. The molecule has 1 aliphatic heterocycles. The number of nitrogens with two attached hydrogens (primary N) is 1. The van der Waals surface area contributed by atoms with Crippen LogP contribution in [0.3, 0.4) is 0 Å². The van der Waals surface area contributed by atoms with E-state index in [0.29, 0.717) is 12.2 Å². The highest BCUT2D eigenvalue weighted by molar-refractivity contribution is 7.09. The maximum Gasteiger partial charge on any atom is 0.273 e. The summed E-state index contributed by atoms with van der Waals surface area (Å²) >= 11 is 1.41. The molecule has 2 atom stereocenters. The Hall–Kier alpha value is -0.980. The molecular weight excluding hydrogens is 238 g/mol. The zero-order valence-electron chi connectivity index (χ0n) is 9.80. The number of aromatic nitrogens is 1. The van der Waals surface area contributed by atoms with Gasteiger partial charge in [0.2, 0.25) is 0 Å². The first-order chi connectivity index (χ1) is 8.13. The predicted molar refractivity (Wildman–Crippen MR) is 65.9 cm³/mol. The predicted octanol–water partition coefficient (Wildman–Crippen LogP) is 0.760. The van der Waals surface area contributed by atoms with Gasteiger partial charge < -0.3 is 15.7 Å². The standard InChI is InChI=1S/C11H17N3O2S/c1-7(12)10-13-9(6-17-10)11(16)14-4-2-3-8(14)5-15/h6-8,15H,2-5,12H2,1H3/t7?,8-/m0/s1. The molecule has 0 spiro atoms. The Labute approximate surface area is 104 Å². The van der Waals surface area contributed by atoms with Crippen molar-refractivity contribution in [1.82, 2.24) is 9.88 Å². The van der Waals surface area contributed by atoms with E-state index in [1.54, 1.807) is 10.3 Å². The van der Waals surface area contributed by atoms with Crippen LogP contribution in [0.15, 0.2) is 5.38 Å². The van der Waals surface area contributed by atoms with Crippen LogP contribution in [-0.2, 0) is 0 Å². The van der Waals surface area contributed by atoms with Crippen LogP contribution in [0.5, 0.6) is 0 Å². The first-order valence-electron chi connectivity index (χ1n) is 5.76. The van der Waals surface area contributed by atoms with Gasteiger partial charge in [-0.1, -0.05) is 0 Å². The Morgan fingerprint density at radius 1 is 1.82 bits per heavy atom. The van der Waals surface area contributed by atoms with Crippen LogP contribution in [0.2, 0.25) is 0 Å². The molecule has 1 amide bonds. The summed E-state index contributed by atoms with van der Waals surface area (Å²) in [5.41, 5.74) is 6.16. The third kappa shape index (κ3) is 2.48. The first-order valence-corrected chi connectivity index (χ1v) is 6.64. The lowest BCUT2D eigenvalue weighted by atomic mass is 10.2. The quantitative estimate of drug-likeness (QED) is 0.835. The molecule has 0 radical (unpaired) electrons. The molecule has 94 valence electrons. The molecule has 5 nitrogen and oxygen atoms in total. The smallest absolute Gasteiger partial charge is 0.273 e. The molecule has 17 heavy (non-hydrogen) atoms. The second-order valence-corrected chi connectivity index (χ2v) is 5.23. The van der Waals surface area contributed by atoms with Gasteiger partial charge in [0.05, 0.1) is 18.7 Å². The highest BCUT2D eigenvalue weighted by Crippen LogP contribution is 2.22. The average Bonchev–Trinajstić information content (AvgIpc) is 2.96. The molecule has 3 N–H and O–H groups in total. The molecule has 0 bridgehead atoms. The van der Waals surface area contributed by atoms with E-state index in [1.165, 1.54) is 11.3 Å². The molecule has 0 aliphatic carbocycles. The molecule has 1 aromatic heterocycles. The van der Waals surface area contributed by atoms with Crippen molar-refractivity contribution in [2.24, 2.45) is 5.73 Å². The van der Waals surface area contributed by atoms with Gasteiger partial charge in [0.1, 0.15) is 10.7 Å². The summed E-state index contributed by atoms with van der Waals surface area (Å²) in [6.45, 7) is 2.57. The van der Waals surface area contributed by atoms with E-state index in [9.17, 15) is 9.90 Å². The lowest BCUT2D eigenvalue weighted by molar-refractivity contribution is 0.0672. The Morgan fingerprint density at radius 2 is 2.59 bits per heavy atom. The van der Waals surface area contributed by atoms with E-state index in [2.05, 4.69) is 4.98 Å². The monoisotopic (exact) mass is 255 g/mol.